The molecule has 3 nitrogen and oxygen atoms in total. The number of carbonyl (C=O) groups is 1. The van der Waals surface area contributed by atoms with E-state index in [1.807, 2.05) is 0 Å². The van der Waals surface area contributed by atoms with E-state index in [1.165, 1.54) is 38.5 Å². The Morgan fingerprint density at radius 1 is 0.714 bits per heavy atom. The molecule has 1 aliphatic carbocycles. The standard InChI is InChI=1S/C6H12.2C2H4.CH4N2O/c1-2-4-6-5-3-1;2*1-2;2-1(3)4/h1-6H2;2*1-2H2;(H4,2,3,4). The first-order valence-corrected chi connectivity index (χ1v) is 4.78. The minimum Gasteiger partial charge on any atom is -0.352 e. The molecule has 14 heavy (non-hydrogen) atoms. The van der Waals surface area contributed by atoms with Gasteiger partial charge >= 0.3 is 6.03 Å². The van der Waals surface area contributed by atoms with Crippen molar-refractivity contribution in [2.45, 2.75) is 38.5 Å². The molecule has 0 heterocycles. The largest absolute Gasteiger partial charge is 0.352 e. The van der Waals surface area contributed by atoms with E-state index in [4.69, 9.17) is 4.79 Å². The highest BCUT2D eigenvalue weighted by molar-refractivity contribution is 5.69. The third kappa shape index (κ3) is 45.3. The van der Waals surface area contributed by atoms with Crippen LogP contribution in [0, 0.1) is 0 Å². The summed E-state index contributed by atoms with van der Waals surface area (Å²) in [4.78, 5) is 9.00. The zero-order chi connectivity index (χ0) is 11.8. The van der Waals surface area contributed by atoms with E-state index in [1.54, 1.807) is 0 Å². The van der Waals surface area contributed by atoms with Crippen LogP contribution >= 0.6 is 0 Å². The van der Waals surface area contributed by atoms with E-state index in [0.29, 0.717) is 0 Å². The summed E-state index contributed by atoms with van der Waals surface area (Å²) in [5, 5.41) is 0. The summed E-state index contributed by atoms with van der Waals surface area (Å²) in [6.45, 7) is 12.0. The first-order valence-electron chi connectivity index (χ1n) is 4.78. The van der Waals surface area contributed by atoms with Crippen LogP contribution in [-0.4, -0.2) is 6.03 Å². The van der Waals surface area contributed by atoms with Gasteiger partial charge in [-0.15, -0.1) is 26.3 Å². The molecular weight excluding hydrogens is 176 g/mol. The summed E-state index contributed by atoms with van der Waals surface area (Å²) in [6, 6.07) is -0.833. The van der Waals surface area contributed by atoms with Crippen LogP contribution in [0.4, 0.5) is 4.79 Å². The predicted octanol–water partition coefficient (Wildman–Crippen LogP) is 2.97. The Kier molecular flexibility index (Phi) is 29.9. The van der Waals surface area contributed by atoms with Crippen LogP contribution in [0.5, 0.6) is 0 Å². The zero-order valence-corrected chi connectivity index (χ0v) is 9.13. The Bertz CT molecular complexity index is 94.3. The van der Waals surface area contributed by atoms with Crippen LogP contribution in [0.1, 0.15) is 38.5 Å². The molecule has 0 saturated heterocycles. The molecule has 3 heteroatoms. The number of primary amides is 2. The van der Waals surface area contributed by atoms with Crippen molar-refractivity contribution in [2.75, 3.05) is 0 Å². The molecule has 4 N–H and O–H groups in total. The second kappa shape index (κ2) is 22.6. The van der Waals surface area contributed by atoms with Crippen molar-refractivity contribution in [3.63, 3.8) is 0 Å². The normalized spacial score (nSPS) is 12.6. The summed E-state index contributed by atoms with van der Waals surface area (Å²) in [5.41, 5.74) is 8.50. The van der Waals surface area contributed by atoms with Gasteiger partial charge in [-0.25, -0.2) is 4.79 Å². The number of rotatable bonds is 0. The van der Waals surface area contributed by atoms with Gasteiger partial charge in [0.25, 0.3) is 0 Å². The fourth-order valence-electron chi connectivity index (χ4n) is 1.06. The summed E-state index contributed by atoms with van der Waals surface area (Å²) >= 11 is 0. The third-order valence-electron chi connectivity index (χ3n) is 1.50. The van der Waals surface area contributed by atoms with Gasteiger partial charge in [0.05, 0.1) is 0 Å². The Hall–Kier alpha value is -1.25. The Balaban J connectivity index is -0.000000134. The van der Waals surface area contributed by atoms with Crippen molar-refractivity contribution in [2.24, 2.45) is 11.5 Å². The molecule has 0 radical (unpaired) electrons. The molecule has 0 aliphatic heterocycles. The first kappa shape index (κ1) is 18.5. The minimum atomic E-state index is -0.833. The number of carbonyl (C=O) groups excluding carboxylic acids is 1. The molecule has 0 aromatic carbocycles. The molecule has 2 amide bonds. The average Bonchev–Trinajstić information content (AvgIpc) is 2.25. The van der Waals surface area contributed by atoms with Gasteiger partial charge in [-0.2, -0.15) is 0 Å². The molecule has 0 aromatic rings. The quantitative estimate of drug-likeness (QED) is 0.580. The van der Waals surface area contributed by atoms with Gasteiger partial charge in [0.1, 0.15) is 0 Å². The Labute approximate surface area is 87.9 Å². The molecule has 0 atom stereocenters. The van der Waals surface area contributed by atoms with E-state index in [9.17, 15) is 0 Å². The van der Waals surface area contributed by atoms with Crippen LogP contribution in [0.15, 0.2) is 26.3 Å². The lowest BCUT2D eigenvalue weighted by atomic mass is 10.0. The molecule has 1 fully saturated rings. The van der Waals surface area contributed by atoms with Crippen LogP contribution < -0.4 is 11.5 Å². The monoisotopic (exact) mass is 200 g/mol. The number of amides is 2. The van der Waals surface area contributed by atoms with Crippen molar-refractivity contribution in [3.05, 3.63) is 26.3 Å². The van der Waals surface area contributed by atoms with Crippen LogP contribution in [0.3, 0.4) is 0 Å². The van der Waals surface area contributed by atoms with Crippen molar-refractivity contribution < 1.29 is 4.79 Å². The second-order valence-electron chi connectivity index (χ2n) is 2.52. The number of nitrogens with two attached hydrogens (primary N) is 2. The van der Waals surface area contributed by atoms with Crippen LogP contribution in [0.25, 0.3) is 0 Å². The number of hydrogen-bond acceptors (Lipinski definition) is 1. The van der Waals surface area contributed by atoms with Gasteiger partial charge in [0.15, 0.2) is 0 Å². The predicted molar refractivity (Wildman–Crippen MR) is 64.0 cm³/mol. The van der Waals surface area contributed by atoms with E-state index in [2.05, 4.69) is 37.8 Å². The smallest absolute Gasteiger partial charge is 0.309 e. The summed E-state index contributed by atoms with van der Waals surface area (Å²) < 4.78 is 0. The molecule has 84 valence electrons. The SMILES string of the molecule is C1CCCCC1.C=C.C=C.NC(N)=O. The van der Waals surface area contributed by atoms with Gasteiger partial charge in [-0.1, -0.05) is 38.5 Å². The lowest BCUT2D eigenvalue weighted by molar-refractivity contribution is 0.256. The van der Waals surface area contributed by atoms with Crippen molar-refractivity contribution in [3.8, 4) is 0 Å². The van der Waals surface area contributed by atoms with Crippen molar-refractivity contribution in [1.82, 2.24) is 0 Å². The lowest BCUT2D eigenvalue weighted by Crippen LogP contribution is -2.18. The molecule has 1 aliphatic rings. The number of urea groups is 1. The summed E-state index contributed by atoms with van der Waals surface area (Å²) in [5.74, 6) is 0. The molecule has 0 spiro atoms. The summed E-state index contributed by atoms with van der Waals surface area (Å²) in [6.07, 6.45) is 9.00. The lowest BCUT2D eigenvalue weighted by Gasteiger charge is -2.05. The van der Waals surface area contributed by atoms with Crippen molar-refractivity contribution >= 4 is 6.03 Å². The van der Waals surface area contributed by atoms with Gasteiger partial charge in [-0.3, -0.25) is 0 Å². The highest BCUT2D eigenvalue weighted by Gasteiger charge is 1.95. The molecule has 0 bridgehead atoms. The fourth-order valence-corrected chi connectivity index (χ4v) is 1.06. The van der Waals surface area contributed by atoms with E-state index in [-0.39, 0.29) is 0 Å². The van der Waals surface area contributed by atoms with Gasteiger partial charge in [0.2, 0.25) is 0 Å². The third-order valence-corrected chi connectivity index (χ3v) is 1.50. The molecule has 0 aromatic heterocycles. The van der Waals surface area contributed by atoms with Gasteiger partial charge < -0.3 is 11.5 Å². The van der Waals surface area contributed by atoms with Crippen molar-refractivity contribution in [1.29, 1.82) is 0 Å². The maximum Gasteiger partial charge on any atom is 0.309 e. The average molecular weight is 200 g/mol. The number of hydrogen-bond donors (Lipinski definition) is 2. The maximum absolute atomic E-state index is 9.00. The van der Waals surface area contributed by atoms with Gasteiger partial charge in [0, 0.05) is 0 Å². The van der Waals surface area contributed by atoms with E-state index in [0.717, 1.165) is 0 Å². The molecule has 1 saturated carbocycles. The molecule has 1 rings (SSSR count). The maximum atomic E-state index is 9.00. The topological polar surface area (TPSA) is 69.1 Å². The van der Waals surface area contributed by atoms with Crippen LogP contribution in [-0.2, 0) is 0 Å². The highest BCUT2D eigenvalue weighted by atomic mass is 16.2. The Morgan fingerprint density at radius 3 is 0.857 bits per heavy atom. The van der Waals surface area contributed by atoms with Crippen LogP contribution in [0.2, 0.25) is 0 Å². The molecule has 0 unspecified atom stereocenters. The first-order chi connectivity index (χ1) is 6.73. The highest BCUT2D eigenvalue weighted by Crippen LogP contribution is 2.15. The zero-order valence-electron chi connectivity index (χ0n) is 9.13. The Morgan fingerprint density at radius 2 is 0.786 bits per heavy atom. The summed E-state index contributed by atoms with van der Waals surface area (Å²) in [7, 11) is 0. The second-order valence-corrected chi connectivity index (χ2v) is 2.52. The minimum absolute atomic E-state index is 0.833. The fraction of sp³-hybridized carbons (Fsp3) is 0.545. The van der Waals surface area contributed by atoms with E-state index < -0.39 is 6.03 Å². The van der Waals surface area contributed by atoms with Gasteiger partial charge in [-0.05, 0) is 0 Å². The molecular formula is C11H24N2O. The van der Waals surface area contributed by atoms with E-state index >= 15 is 0 Å².